The van der Waals surface area contributed by atoms with Gasteiger partial charge in [-0.3, -0.25) is 4.79 Å². The van der Waals surface area contributed by atoms with Gasteiger partial charge in [-0.15, -0.1) is 0 Å². The Bertz CT molecular complexity index is 416. The molecule has 4 nitrogen and oxygen atoms in total. The maximum atomic E-state index is 11.4. The van der Waals surface area contributed by atoms with Crippen molar-refractivity contribution >= 4 is 5.91 Å². The molecule has 18 heavy (non-hydrogen) atoms. The van der Waals surface area contributed by atoms with Crippen LogP contribution in [-0.2, 0) is 4.79 Å². The van der Waals surface area contributed by atoms with Crippen LogP contribution < -0.4 is 15.8 Å². The summed E-state index contributed by atoms with van der Waals surface area (Å²) in [7, 11) is 3.22. The van der Waals surface area contributed by atoms with Crippen LogP contribution >= 0.6 is 0 Å². The van der Waals surface area contributed by atoms with Crippen LogP contribution in [0, 0.1) is 0 Å². The van der Waals surface area contributed by atoms with Crippen molar-refractivity contribution < 1.29 is 9.53 Å². The lowest BCUT2D eigenvalue weighted by Crippen LogP contribution is -2.24. The molecule has 0 aliphatic rings. The second-order valence-corrected chi connectivity index (χ2v) is 4.64. The Hall–Kier alpha value is -1.55. The van der Waals surface area contributed by atoms with Crippen molar-refractivity contribution in [3.8, 4) is 5.75 Å². The number of hydrogen-bond acceptors (Lipinski definition) is 3. The highest BCUT2D eigenvalue weighted by molar-refractivity contribution is 5.76. The van der Waals surface area contributed by atoms with Gasteiger partial charge >= 0.3 is 0 Å². The number of nitrogens with two attached hydrogens (primary N) is 1. The monoisotopic (exact) mass is 250 g/mol. The number of rotatable bonds is 5. The molecule has 0 aromatic heterocycles. The van der Waals surface area contributed by atoms with Gasteiger partial charge in [0.1, 0.15) is 5.75 Å². The lowest BCUT2D eigenvalue weighted by molar-refractivity contribution is -0.120. The Balaban J connectivity index is 3.03. The minimum Gasteiger partial charge on any atom is -0.496 e. The van der Waals surface area contributed by atoms with Crippen LogP contribution in [0.1, 0.15) is 43.4 Å². The molecule has 1 aromatic rings. The third-order valence-electron chi connectivity index (χ3n) is 3.00. The number of carbonyl (C=O) groups is 1. The van der Waals surface area contributed by atoms with Gasteiger partial charge in [0.25, 0.3) is 0 Å². The van der Waals surface area contributed by atoms with E-state index in [0.29, 0.717) is 5.92 Å². The van der Waals surface area contributed by atoms with Gasteiger partial charge in [0.2, 0.25) is 5.91 Å². The lowest BCUT2D eigenvalue weighted by atomic mass is 9.95. The molecule has 0 heterocycles. The van der Waals surface area contributed by atoms with Crippen molar-refractivity contribution in [3.05, 3.63) is 29.3 Å². The third kappa shape index (κ3) is 3.47. The molecule has 0 saturated carbocycles. The van der Waals surface area contributed by atoms with Gasteiger partial charge in [0.05, 0.1) is 7.11 Å². The van der Waals surface area contributed by atoms with Gasteiger partial charge in [-0.2, -0.15) is 0 Å². The third-order valence-corrected chi connectivity index (χ3v) is 3.00. The summed E-state index contributed by atoms with van der Waals surface area (Å²) in [5.74, 6) is 1.08. The smallest absolute Gasteiger partial charge is 0.221 e. The highest BCUT2D eigenvalue weighted by Crippen LogP contribution is 2.29. The van der Waals surface area contributed by atoms with Crippen molar-refractivity contribution in [1.29, 1.82) is 0 Å². The van der Waals surface area contributed by atoms with E-state index in [1.54, 1.807) is 14.2 Å². The van der Waals surface area contributed by atoms with Crippen LogP contribution in [0.5, 0.6) is 5.75 Å². The van der Waals surface area contributed by atoms with Crippen molar-refractivity contribution in [2.45, 2.75) is 32.2 Å². The summed E-state index contributed by atoms with van der Waals surface area (Å²) in [6, 6.07) is 5.61. The molecule has 1 aromatic carbocycles. The highest BCUT2D eigenvalue weighted by Gasteiger charge is 2.16. The van der Waals surface area contributed by atoms with E-state index < -0.39 is 0 Å². The maximum Gasteiger partial charge on any atom is 0.221 e. The van der Waals surface area contributed by atoms with E-state index in [1.807, 2.05) is 18.2 Å². The van der Waals surface area contributed by atoms with Crippen LogP contribution in [0.25, 0.3) is 0 Å². The highest BCUT2D eigenvalue weighted by atomic mass is 16.5. The zero-order valence-corrected chi connectivity index (χ0v) is 11.5. The van der Waals surface area contributed by atoms with E-state index in [9.17, 15) is 4.79 Å². The SMILES string of the molecule is CNC(=O)CC(N)c1cc(C(C)C)ccc1OC. The molecule has 0 radical (unpaired) electrons. The second-order valence-electron chi connectivity index (χ2n) is 4.64. The summed E-state index contributed by atoms with van der Waals surface area (Å²) >= 11 is 0. The first-order chi connectivity index (χ1) is 8.49. The predicted molar refractivity (Wildman–Crippen MR) is 72.7 cm³/mol. The quantitative estimate of drug-likeness (QED) is 0.839. The first-order valence-corrected chi connectivity index (χ1v) is 6.13. The van der Waals surface area contributed by atoms with Gasteiger partial charge in [-0.05, 0) is 17.5 Å². The number of benzene rings is 1. The fourth-order valence-corrected chi connectivity index (χ4v) is 1.81. The molecule has 1 amide bonds. The Morgan fingerprint density at radius 3 is 2.61 bits per heavy atom. The first kappa shape index (κ1) is 14.5. The zero-order valence-electron chi connectivity index (χ0n) is 11.5. The summed E-state index contributed by atoms with van der Waals surface area (Å²) in [4.78, 5) is 11.4. The average Bonchev–Trinajstić information content (AvgIpc) is 2.37. The minimum absolute atomic E-state index is 0.0699. The number of hydrogen-bond donors (Lipinski definition) is 2. The van der Waals surface area contributed by atoms with Crippen molar-refractivity contribution in [2.24, 2.45) is 5.73 Å². The summed E-state index contributed by atoms with van der Waals surface area (Å²) in [5, 5.41) is 2.58. The van der Waals surface area contributed by atoms with Gasteiger partial charge in [-0.25, -0.2) is 0 Å². The summed E-state index contributed by atoms with van der Waals surface area (Å²) < 4.78 is 5.30. The molecule has 1 unspecified atom stereocenters. The Labute approximate surface area is 109 Å². The van der Waals surface area contributed by atoms with Gasteiger partial charge < -0.3 is 15.8 Å². The molecular formula is C14H22N2O2. The molecule has 1 rings (SSSR count). The maximum absolute atomic E-state index is 11.4. The summed E-state index contributed by atoms with van der Waals surface area (Å²) in [6.45, 7) is 4.24. The summed E-state index contributed by atoms with van der Waals surface area (Å²) in [5.41, 5.74) is 8.15. The van der Waals surface area contributed by atoms with E-state index in [4.69, 9.17) is 10.5 Å². The molecule has 0 saturated heterocycles. The predicted octanol–water partition coefficient (Wildman–Crippen LogP) is 1.95. The largest absolute Gasteiger partial charge is 0.496 e. The van der Waals surface area contributed by atoms with Crippen LogP contribution in [0.3, 0.4) is 0 Å². The molecular weight excluding hydrogens is 228 g/mol. The fraction of sp³-hybridized carbons (Fsp3) is 0.500. The number of amides is 1. The molecule has 0 aliphatic carbocycles. The van der Waals surface area contributed by atoms with Gasteiger partial charge in [0, 0.05) is 25.1 Å². The average molecular weight is 250 g/mol. The Kier molecular flexibility index (Phi) is 5.16. The topological polar surface area (TPSA) is 64.4 Å². The lowest BCUT2D eigenvalue weighted by Gasteiger charge is -2.17. The standard InChI is InChI=1S/C14H22N2O2/c1-9(2)10-5-6-13(18-4)11(7-10)12(15)8-14(17)16-3/h5-7,9,12H,8,15H2,1-4H3,(H,16,17). The number of methoxy groups -OCH3 is 1. The molecule has 0 spiro atoms. The van der Waals surface area contributed by atoms with Gasteiger partial charge in [-0.1, -0.05) is 26.0 Å². The minimum atomic E-state index is -0.349. The molecule has 100 valence electrons. The zero-order chi connectivity index (χ0) is 13.7. The molecule has 4 heteroatoms. The van der Waals surface area contributed by atoms with E-state index >= 15 is 0 Å². The molecule has 0 fully saturated rings. The Morgan fingerprint density at radius 2 is 2.11 bits per heavy atom. The number of carbonyl (C=O) groups excluding carboxylic acids is 1. The van der Waals surface area contributed by atoms with E-state index in [2.05, 4.69) is 19.2 Å². The normalized spacial score (nSPS) is 12.3. The van der Waals surface area contributed by atoms with Crippen molar-refractivity contribution in [1.82, 2.24) is 5.32 Å². The summed E-state index contributed by atoms with van der Waals surface area (Å²) in [6.07, 6.45) is 0.258. The van der Waals surface area contributed by atoms with Crippen molar-refractivity contribution in [3.63, 3.8) is 0 Å². The van der Waals surface area contributed by atoms with Crippen LogP contribution in [0.2, 0.25) is 0 Å². The number of nitrogens with one attached hydrogen (secondary N) is 1. The Morgan fingerprint density at radius 1 is 1.44 bits per heavy atom. The molecule has 0 aliphatic heterocycles. The molecule has 0 bridgehead atoms. The van der Waals surface area contributed by atoms with E-state index in [1.165, 1.54) is 5.56 Å². The second kappa shape index (κ2) is 6.40. The molecule has 1 atom stereocenters. The fourth-order valence-electron chi connectivity index (χ4n) is 1.81. The van der Waals surface area contributed by atoms with Crippen LogP contribution in [0.15, 0.2) is 18.2 Å². The van der Waals surface area contributed by atoms with Crippen LogP contribution in [0.4, 0.5) is 0 Å². The van der Waals surface area contributed by atoms with E-state index in [0.717, 1.165) is 11.3 Å². The molecule has 3 N–H and O–H groups in total. The number of ether oxygens (including phenoxy) is 1. The van der Waals surface area contributed by atoms with Crippen LogP contribution in [-0.4, -0.2) is 20.1 Å². The van der Waals surface area contributed by atoms with E-state index in [-0.39, 0.29) is 18.4 Å². The van der Waals surface area contributed by atoms with Gasteiger partial charge in [0.15, 0.2) is 0 Å². The first-order valence-electron chi connectivity index (χ1n) is 6.13. The van der Waals surface area contributed by atoms with Crippen molar-refractivity contribution in [2.75, 3.05) is 14.2 Å².